The number of amides is 1. The fourth-order valence-corrected chi connectivity index (χ4v) is 3.89. The Morgan fingerprint density at radius 2 is 1.44 bits per heavy atom. The molecule has 3 rings (SSSR count). The molecular weight excluding hydrogens is 445 g/mol. The van der Waals surface area contributed by atoms with Crippen molar-refractivity contribution in [2.24, 2.45) is 0 Å². The number of Topliss-reactive ketones (excluding diaryl/α,β-unsaturated/α-hetero) is 1. The van der Waals surface area contributed by atoms with Gasteiger partial charge in [-0.2, -0.15) is 13.2 Å². The molecule has 0 fully saturated rings. The van der Waals surface area contributed by atoms with Crippen LogP contribution in [0, 0.1) is 0 Å². The van der Waals surface area contributed by atoms with Crippen LogP contribution in [-0.4, -0.2) is 20.1 Å². The fraction of sp³-hybridized carbons (Fsp3) is 0.0909. The Hall–Kier alpha value is -3.66. The van der Waals surface area contributed by atoms with Gasteiger partial charge >= 0.3 is 6.18 Å². The maximum atomic E-state index is 12.9. The molecule has 3 aromatic rings. The van der Waals surface area contributed by atoms with Crippen LogP contribution in [0.15, 0.2) is 77.7 Å². The zero-order valence-electron chi connectivity index (χ0n) is 16.6. The molecule has 0 radical (unpaired) electrons. The van der Waals surface area contributed by atoms with Crippen molar-refractivity contribution in [1.29, 1.82) is 0 Å². The molecule has 0 saturated heterocycles. The Morgan fingerprint density at radius 1 is 0.812 bits per heavy atom. The summed E-state index contributed by atoms with van der Waals surface area (Å²) in [6, 6.07) is 15.1. The van der Waals surface area contributed by atoms with Crippen molar-refractivity contribution < 1.29 is 31.2 Å². The molecule has 0 heterocycles. The van der Waals surface area contributed by atoms with Crippen LogP contribution >= 0.6 is 0 Å². The second kappa shape index (κ2) is 8.83. The quantitative estimate of drug-likeness (QED) is 0.507. The van der Waals surface area contributed by atoms with Crippen molar-refractivity contribution in [2.75, 3.05) is 10.0 Å². The van der Waals surface area contributed by atoms with E-state index in [0.717, 1.165) is 18.2 Å². The maximum Gasteiger partial charge on any atom is 0.416 e. The molecule has 6 nitrogen and oxygen atoms in total. The van der Waals surface area contributed by atoms with Crippen LogP contribution < -0.4 is 10.0 Å². The van der Waals surface area contributed by atoms with E-state index in [2.05, 4.69) is 10.0 Å². The van der Waals surface area contributed by atoms with E-state index in [9.17, 15) is 31.2 Å². The largest absolute Gasteiger partial charge is 0.416 e. The first kappa shape index (κ1) is 23.0. The molecule has 0 atom stereocenters. The molecule has 0 unspecified atom stereocenters. The third-order valence-corrected chi connectivity index (χ3v) is 5.75. The van der Waals surface area contributed by atoms with Crippen LogP contribution in [0.3, 0.4) is 0 Å². The molecule has 0 aliphatic heterocycles. The third-order valence-electron chi connectivity index (χ3n) is 4.38. The summed E-state index contributed by atoms with van der Waals surface area (Å²) >= 11 is 0. The molecule has 3 aromatic carbocycles. The lowest BCUT2D eigenvalue weighted by Gasteiger charge is -2.12. The number of nitrogens with one attached hydrogen (secondary N) is 2. The van der Waals surface area contributed by atoms with Crippen LogP contribution in [0.4, 0.5) is 24.5 Å². The number of hydrogen-bond acceptors (Lipinski definition) is 4. The van der Waals surface area contributed by atoms with Gasteiger partial charge in [-0.3, -0.25) is 14.3 Å². The molecule has 0 aliphatic rings. The number of ketones is 1. The average molecular weight is 462 g/mol. The highest BCUT2D eigenvalue weighted by Crippen LogP contribution is 2.30. The minimum atomic E-state index is -4.56. The molecule has 10 heteroatoms. The number of alkyl halides is 3. The molecule has 0 bridgehead atoms. The summed E-state index contributed by atoms with van der Waals surface area (Å²) in [4.78, 5) is 23.8. The summed E-state index contributed by atoms with van der Waals surface area (Å²) in [6.45, 7) is 1.31. The van der Waals surface area contributed by atoms with E-state index in [4.69, 9.17) is 0 Å². The van der Waals surface area contributed by atoms with Crippen LogP contribution in [0.1, 0.15) is 33.2 Å². The molecule has 0 saturated carbocycles. The van der Waals surface area contributed by atoms with Crippen LogP contribution in [0.5, 0.6) is 0 Å². The Balaban J connectivity index is 1.80. The SMILES string of the molecule is CC(=O)c1cccc(S(=O)(=O)Nc2cccc(C(=O)Nc3cccc(C(F)(F)F)c3)c2)c1. The molecule has 0 aliphatic carbocycles. The number of halogens is 3. The summed E-state index contributed by atoms with van der Waals surface area (Å²) in [5.41, 5.74) is -0.654. The number of carbonyl (C=O) groups excluding carboxylic acids is 2. The topological polar surface area (TPSA) is 92.3 Å². The van der Waals surface area contributed by atoms with E-state index in [-0.39, 0.29) is 33.2 Å². The third kappa shape index (κ3) is 5.52. The van der Waals surface area contributed by atoms with Crippen molar-refractivity contribution in [3.63, 3.8) is 0 Å². The van der Waals surface area contributed by atoms with E-state index in [1.165, 1.54) is 61.5 Å². The highest BCUT2D eigenvalue weighted by molar-refractivity contribution is 7.92. The monoisotopic (exact) mass is 462 g/mol. The highest BCUT2D eigenvalue weighted by Gasteiger charge is 2.30. The predicted molar refractivity (Wildman–Crippen MR) is 113 cm³/mol. The second-order valence-electron chi connectivity index (χ2n) is 6.80. The van der Waals surface area contributed by atoms with Crippen molar-refractivity contribution in [1.82, 2.24) is 0 Å². The fourth-order valence-electron chi connectivity index (χ4n) is 2.80. The van der Waals surface area contributed by atoms with Gasteiger partial charge in [-0.1, -0.05) is 24.3 Å². The van der Waals surface area contributed by atoms with Crippen molar-refractivity contribution in [3.8, 4) is 0 Å². The van der Waals surface area contributed by atoms with Crippen molar-refractivity contribution in [3.05, 3.63) is 89.5 Å². The number of anilines is 2. The van der Waals surface area contributed by atoms with E-state index < -0.39 is 27.7 Å². The van der Waals surface area contributed by atoms with Gasteiger partial charge in [0.25, 0.3) is 15.9 Å². The van der Waals surface area contributed by atoms with Crippen molar-refractivity contribution >= 4 is 33.1 Å². The number of carbonyl (C=O) groups is 2. The van der Waals surface area contributed by atoms with Crippen LogP contribution in [0.2, 0.25) is 0 Å². The molecule has 1 amide bonds. The van der Waals surface area contributed by atoms with E-state index in [0.29, 0.717) is 0 Å². The van der Waals surface area contributed by atoms with Gasteiger partial charge < -0.3 is 5.32 Å². The predicted octanol–water partition coefficient (Wildman–Crippen LogP) is 4.96. The van der Waals surface area contributed by atoms with E-state index >= 15 is 0 Å². The Kier molecular flexibility index (Phi) is 6.35. The van der Waals surface area contributed by atoms with Crippen molar-refractivity contribution in [2.45, 2.75) is 18.0 Å². The summed E-state index contributed by atoms with van der Waals surface area (Å²) < 4.78 is 66.2. The van der Waals surface area contributed by atoms with Crippen LogP contribution in [0.25, 0.3) is 0 Å². The molecule has 32 heavy (non-hydrogen) atoms. The van der Waals surface area contributed by atoms with Gasteiger partial charge in [-0.25, -0.2) is 8.42 Å². The number of benzene rings is 3. The number of hydrogen-bond donors (Lipinski definition) is 2. The zero-order valence-corrected chi connectivity index (χ0v) is 17.4. The van der Waals surface area contributed by atoms with Gasteiger partial charge in [0.2, 0.25) is 0 Å². The molecule has 166 valence electrons. The first-order valence-electron chi connectivity index (χ1n) is 9.18. The summed E-state index contributed by atoms with van der Waals surface area (Å²) in [6.07, 6.45) is -4.56. The lowest BCUT2D eigenvalue weighted by Crippen LogP contribution is -2.16. The number of sulfonamides is 1. The lowest BCUT2D eigenvalue weighted by molar-refractivity contribution is -0.137. The first-order valence-corrected chi connectivity index (χ1v) is 10.7. The smallest absolute Gasteiger partial charge is 0.322 e. The molecule has 2 N–H and O–H groups in total. The Labute approximate surface area is 182 Å². The maximum absolute atomic E-state index is 12.9. The summed E-state index contributed by atoms with van der Waals surface area (Å²) in [7, 11) is -4.05. The van der Waals surface area contributed by atoms with E-state index in [1.807, 2.05) is 0 Å². The normalized spacial score (nSPS) is 11.6. The average Bonchev–Trinajstić information content (AvgIpc) is 2.73. The zero-order chi connectivity index (χ0) is 23.5. The van der Waals surface area contributed by atoms with Gasteiger partial charge in [0, 0.05) is 22.5 Å². The Bertz CT molecular complexity index is 1290. The van der Waals surface area contributed by atoms with Gasteiger partial charge in [0.15, 0.2) is 5.78 Å². The van der Waals surface area contributed by atoms with E-state index in [1.54, 1.807) is 0 Å². The van der Waals surface area contributed by atoms with Crippen LogP contribution in [-0.2, 0) is 16.2 Å². The second-order valence-corrected chi connectivity index (χ2v) is 8.49. The summed E-state index contributed by atoms with van der Waals surface area (Å²) in [5, 5.41) is 2.36. The van der Waals surface area contributed by atoms with Gasteiger partial charge in [0.05, 0.1) is 10.5 Å². The first-order chi connectivity index (χ1) is 15.0. The molecule has 0 spiro atoms. The minimum Gasteiger partial charge on any atom is -0.322 e. The van der Waals surface area contributed by atoms with Gasteiger partial charge in [-0.05, 0) is 55.5 Å². The Morgan fingerprint density at radius 3 is 2.12 bits per heavy atom. The minimum absolute atomic E-state index is 0.0279. The summed E-state index contributed by atoms with van der Waals surface area (Å²) in [5.74, 6) is -1.01. The highest BCUT2D eigenvalue weighted by atomic mass is 32.2. The molecule has 0 aromatic heterocycles. The van der Waals surface area contributed by atoms with Gasteiger partial charge in [0.1, 0.15) is 0 Å². The standard InChI is InChI=1S/C22H17F3N2O4S/c1-14(28)15-5-3-10-20(12-15)32(30,31)27-19-9-2-6-16(11-19)21(29)26-18-8-4-7-17(13-18)22(23,24)25/h2-13,27H,1H3,(H,26,29). The molecular formula is C22H17F3N2O4S. The van der Waals surface area contributed by atoms with Gasteiger partial charge in [-0.15, -0.1) is 0 Å². The number of rotatable bonds is 6. The lowest BCUT2D eigenvalue weighted by atomic mass is 10.1.